The molecular weight excluding hydrogens is 285 g/mol. The molecule has 2 rings (SSSR count). The second kappa shape index (κ2) is 8.02. The second-order valence-corrected chi connectivity index (χ2v) is 4.58. The molecule has 0 saturated carbocycles. The Labute approximate surface area is 128 Å². The summed E-state index contributed by atoms with van der Waals surface area (Å²) in [4.78, 5) is 11.7. The van der Waals surface area contributed by atoms with Crippen LogP contribution >= 0.6 is 0 Å². The Morgan fingerprint density at radius 2 is 1.73 bits per heavy atom. The number of nitrogens with one attached hydrogen (secondary N) is 1. The van der Waals surface area contributed by atoms with E-state index >= 15 is 0 Å². The van der Waals surface area contributed by atoms with Crippen LogP contribution in [0.15, 0.2) is 48.5 Å². The van der Waals surface area contributed by atoms with Crippen molar-refractivity contribution in [2.75, 3.05) is 20.3 Å². The fourth-order valence-corrected chi connectivity index (χ4v) is 1.88. The highest BCUT2D eigenvalue weighted by molar-refractivity contribution is 5.96. The highest BCUT2D eigenvalue weighted by atomic mass is 19.1. The van der Waals surface area contributed by atoms with Crippen LogP contribution in [-0.4, -0.2) is 26.2 Å². The Balaban J connectivity index is 1.77. The average molecular weight is 303 g/mol. The fraction of sp³-hybridized carbons (Fsp3) is 0.235. The molecule has 0 aliphatic rings. The van der Waals surface area contributed by atoms with Crippen LogP contribution in [0.2, 0.25) is 0 Å². The average Bonchev–Trinajstić information content (AvgIpc) is 2.56. The van der Waals surface area contributed by atoms with E-state index in [2.05, 4.69) is 5.32 Å². The van der Waals surface area contributed by atoms with Crippen LogP contribution in [-0.2, 0) is 0 Å². The van der Waals surface area contributed by atoms with E-state index in [9.17, 15) is 9.18 Å². The highest BCUT2D eigenvalue weighted by Gasteiger charge is 2.09. The maximum absolute atomic E-state index is 12.7. The maximum atomic E-state index is 12.7. The lowest BCUT2D eigenvalue weighted by atomic mass is 10.2. The van der Waals surface area contributed by atoms with Crippen molar-refractivity contribution in [2.45, 2.75) is 6.42 Å². The summed E-state index contributed by atoms with van der Waals surface area (Å²) in [6.07, 6.45) is 0.652. The smallest absolute Gasteiger partial charge is 0.254 e. The van der Waals surface area contributed by atoms with E-state index in [0.29, 0.717) is 36.7 Å². The van der Waals surface area contributed by atoms with E-state index in [4.69, 9.17) is 9.47 Å². The predicted octanol–water partition coefficient (Wildman–Crippen LogP) is 3.03. The minimum Gasteiger partial charge on any atom is -0.493 e. The van der Waals surface area contributed by atoms with Gasteiger partial charge in [0, 0.05) is 13.5 Å². The van der Waals surface area contributed by atoms with Gasteiger partial charge in [0.25, 0.3) is 5.91 Å². The monoisotopic (exact) mass is 303 g/mol. The number of amides is 1. The van der Waals surface area contributed by atoms with Crippen LogP contribution in [0.3, 0.4) is 0 Å². The lowest BCUT2D eigenvalue weighted by Crippen LogP contribution is -2.19. The van der Waals surface area contributed by atoms with Crippen molar-refractivity contribution in [3.63, 3.8) is 0 Å². The molecule has 0 fully saturated rings. The van der Waals surface area contributed by atoms with Gasteiger partial charge in [-0.2, -0.15) is 0 Å². The number of carbonyl (C=O) groups is 1. The molecule has 0 atom stereocenters. The van der Waals surface area contributed by atoms with Crippen molar-refractivity contribution in [1.29, 1.82) is 0 Å². The van der Waals surface area contributed by atoms with E-state index in [1.165, 1.54) is 12.1 Å². The lowest BCUT2D eigenvalue weighted by Gasteiger charge is -2.11. The van der Waals surface area contributed by atoms with Gasteiger partial charge in [0.15, 0.2) is 0 Å². The fourth-order valence-electron chi connectivity index (χ4n) is 1.88. The largest absolute Gasteiger partial charge is 0.493 e. The summed E-state index contributed by atoms with van der Waals surface area (Å²) in [5, 5.41) is 2.58. The number of carbonyl (C=O) groups excluding carboxylic acids is 1. The molecule has 2 aromatic carbocycles. The third-order valence-electron chi connectivity index (χ3n) is 2.99. The lowest BCUT2D eigenvalue weighted by molar-refractivity contribution is 0.0959. The van der Waals surface area contributed by atoms with Gasteiger partial charge < -0.3 is 14.8 Å². The van der Waals surface area contributed by atoms with E-state index in [-0.39, 0.29) is 11.7 Å². The van der Waals surface area contributed by atoms with Gasteiger partial charge in [-0.1, -0.05) is 12.1 Å². The van der Waals surface area contributed by atoms with Gasteiger partial charge in [-0.25, -0.2) is 4.39 Å². The summed E-state index contributed by atoms with van der Waals surface area (Å²) in [6.45, 7) is 0.878. The third-order valence-corrected chi connectivity index (χ3v) is 2.99. The summed E-state index contributed by atoms with van der Waals surface area (Å²) in [6, 6.07) is 12.9. The number of halogens is 1. The maximum Gasteiger partial charge on any atom is 0.254 e. The van der Waals surface area contributed by atoms with Crippen molar-refractivity contribution >= 4 is 5.91 Å². The van der Waals surface area contributed by atoms with Crippen LogP contribution in [0.4, 0.5) is 4.39 Å². The van der Waals surface area contributed by atoms with Gasteiger partial charge in [0.05, 0.1) is 18.8 Å². The number of hydrogen-bond donors (Lipinski definition) is 1. The third kappa shape index (κ3) is 4.48. The van der Waals surface area contributed by atoms with E-state index in [1.807, 2.05) is 6.07 Å². The molecular formula is C17H18FNO3. The molecule has 0 aliphatic heterocycles. The summed E-state index contributed by atoms with van der Waals surface area (Å²) >= 11 is 0. The predicted molar refractivity (Wildman–Crippen MR) is 81.8 cm³/mol. The van der Waals surface area contributed by atoms with Crippen molar-refractivity contribution in [3.8, 4) is 11.5 Å². The first kappa shape index (κ1) is 15.8. The Morgan fingerprint density at radius 3 is 2.45 bits per heavy atom. The molecule has 2 aromatic rings. The second-order valence-electron chi connectivity index (χ2n) is 4.58. The Morgan fingerprint density at radius 1 is 1.05 bits per heavy atom. The molecule has 0 saturated heterocycles. The first-order valence-corrected chi connectivity index (χ1v) is 7.03. The molecule has 0 unspecified atom stereocenters. The van der Waals surface area contributed by atoms with Crippen molar-refractivity contribution in [2.24, 2.45) is 0 Å². The number of ether oxygens (including phenoxy) is 2. The van der Waals surface area contributed by atoms with Crippen molar-refractivity contribution in [3.05, 3.63) is 59.9 Å². The van der Waals surface area contributed by atoms with Crippen LogP contribution in [0.1, 0.15) is 16.8 Å². The molecule has 0 heterocycles. The summed E-state index contributed by atoms with van der Waals surface area (Å²) in [5.74, 6) is 0.690. The van der Waals surface area contributed by atoms with Crippen LogP contribution in [0.25, 0.3) is 0 Å². The Bertz CT molecular complexity index is 614. The first-order valence-electron chi connectivity index (χ1n) is 7.03. The van der Waals surface area contributed by atoms with Crippen LogP contribution in [0.5, 0.6) is 11.5 Å². The quantitative estimate of drug-likeness (QED) is 0.800. The number of para-hydroxylation sites is 1. The van der Waals surface area contributed by atoms with Gasteiger partial charge in [0.2, 0.25) is 0 Å². The minimum atomic E-state index is -0.290. The van der Waals surface area contributed by atoms with Gasteiger partial charge in [-0.05, 0) is 36.4 Å². The summed E-state index contributed by atoms with van der Waals surface area (Å²) < 4.78 is 23.8. The molecule has 0 aliphatic carbocycles. The van der Waals surface area contributed by atoms with E-state index in [1.54, 1.807) is 37.4 Å². The molecule has 0 aromatic heterocycles. The molecule has 0 spiro atoms. The zero-order valence-electron chi connectivity index (χ0n) is 12.3. The molecule has 1 amide bonds. The molecule has 0 radical (unpaired) electrons. The zero-order valence-corrected chi connectivity index (χ0v) is 12.3. The molecule has 0 bridgehead atoms. The number of rotatable bonds is 7. The van der Waals surface area contributed by atoms with Crippen molar-refractivity contribution in [1.82, 2.24) is 5.32 Å². The van der Waals surface area contributed by atoms with Crippen LogP contribution in [0, 0.1) is 5.82 Å². The standard InChI is InChI=1S/C17H18FNO3/c1-19-17(20)15-5-2-3-6-16(15)22-12-4-11-21-14-9-7-13(18)8-10-14/h2-3,5-10H,4,11-12H2,1H3,(H,19,20). The summed E-state index contributed by atoms with van der Waals surface area (Å²) in [5.41, 5.74) is 0.504. The normalized spacial score (nSPS) is 10.1. The van der Waals surface area contributed by atoms with E-state index in [0.717, 1.165) is 0 Å². The topological polar surface area (TPSA) is 47.6 Å². The Hall–Kier alpha value is -2.56. The molecule has 5 heteroatoms. The first-order chi connectivity index (χ1) is 10.7. The van der Waals surface area contributed by atoms with Crippen LogP contribution < -0.4 is 14.8 Å². The molecule has 22 heavy (non-hydrogen) atoms. The summed E-state index contributed by atoms with van der Waals surface area (Å²) in [7, 11) is 1.58. The van der Waals surface area contributed by atoms with Gasteiger partial charge >= 0.3 is 0 Å². The molecule has 4 nitrogen and oxygen atoms in total. The Kier molecular flexibility index (Phi) is 5.77. The number of hydrogen-bond acceptors (Lipinski definition) is 3. The van der Waals surface area contributed by atoms with Gasteiger partial charge in [-0.3, -0.25) is 4.79 Å². The minimum absolute atomic E-state index is 0.182. The SMILES string of the molecule is CNC(=O)c1ccccc1OCCCOc1ccc(F)cc1. The van der Waals surface area contributed by atoms with Gasteiger partial charge in [0.1, 0.15) is 17.3 Å². The number of benzene rings is 2. The van der Waals surface area contributed by atoms with Gasteiger partial charge in [-0.15, -0.1) is 0 Å². The zero-order chi connectivity index (χ0) is 15.8. The molecule has 1 N–H and O–H groups in total. The highest BCUT2D eigenvalue weighted by Crippen LogP contribution is 2.18. The van der Waals surface area contributed by atoms with E-state index < -0.39 is 0 Å². The molecule has 116 valence electrons. The van der Waals surface area contributed by atoms with Crippen molar-refractivity contribution < 1.29 is 18.7 Å².